The molecule has 0 unspecified atom stereocenters. The molecule has 1 amide bonds. The molecule has 0 aliphatic carbocycles. The van der Waals surface area contributed by atoms with E-state index in [2.05, 4.69) is 28.9 Å². The number of nitrogens with zero attached hydrogens (tertiary/aromatic N) is 2. The van der Waals surface area contributed by atoms with Crippen LogP contribution < -0.4 is 0 Å². The Morgan fingerprint density at radius 1 is 0.816 bits per heavy atom. The van der Waals surface area contributed by atoms with Crippen LogP contribution in [0.5, 0.6) is 0 Å². The molecule has 1 saturated heterocycles. The van der Waals surface area contributed by atoms with Gasteiger partial charge in [-0.3, -0.25) is 9.59 Å². The Balaban J connectivity index is 1.58. The molecule has 3 aromatic rings. The molecule has 38 heavy (non-hydrogen) atoms. The normalized spacial score (nSPS) is 17.4. The van der Waals surface area contributed by atoms with Crippen molar-refractivity contribution in [2.24, 2.45) is 4.99 Å². The first kappa shape index (κ1) is 25.9. The van der Waals surface area contributed by atoms with E-state index in [1.807, 2.05) is 79.7 Å². The van der Waals surface area contributed by atoms with E-state index in [-0.39, 0.29) is 18.1 Å². The summed E-state index contributed by atoms with van der Waals surface area (Å²) in [6.45, 7) is 5.93. The van der Waals surface area contributed by atoms with Crippen LogP contribution in [0.25, 0.3) is 11.1 Å². The maximum atomic E-state index is 13.4. The summed E-state index contributed by atoms with van der Waals surface area (Å²) in [4.78, 5) is 34.0. The Bertz CT molecular complexity index is 1410. The van der Waals surface area contributed by atoms with E-state index in [4.69, 9.17) is 0 Å². The minimum Gasteiger partial charge on any atom is -0.351 e. The van der Waals surface area contributed by atoms with E-state index in [0.717, 1.165) is 64.5 Å². The predicted molar refractivity (Wildman–Crippen MR) is 158 cm³/mol. The number of hydrogen-bond donors (Lipinski definition) is 0. The zero-order chi connectivity index (χ0) is 26.5. The van der Waals surface area contributed by atoms with Crippen molar-refractivity contribution in [2.75, 3.05) is 13.1 Å². The number of rotatable bonds is 6. The molecule has 0 aromatic heterocycles. The SMILES string of the molecule is Cc1ccc(C(=O)CC(=CC(=C2SC(N3CCCCC3)=NC2=O)c2ccc(C)cc2)c2ccccc2)cc1. The second-order valence-electron chi connectivity index (χ2n) is 9.96. The lowest BCUT2D eigenvalue weighted by Crippen LogP contribution is -2.33. The molecule has 2 aliphatic heterocycles. The third-order valence-electron chi connectivity index (χ3n) is 7.01. The summed E-state index contributed by atoms with van der Waals surface area (Å²) in [5.41, 5.74) is 6.54. The predicted octanol–water partition coefficient (Wildman–Crippen LogP) is 7.49. The highest BCUT2D eigenvalue weighted by Gasteiger charge is 2.30. The number of benzene rings is 3. The van der Waals surface area contributed by atoms with Crippen molar-refractivity contribution in [3.05, 3.63) is 118 Å². The number of carbonyl (C=O) groups is 2. The van der Waals surface area contributed by atoms with Gasteiger partial charge in [-0.15, -0.1) is 0 Å². The van der Waals surface area contributed by atoms with Gasteiger partial charge in [0.1, 0.15) is 0 Å². The molecule has 2 heterocycles. The lowest BCUT2D eigenvalue weighted by atomic mass is 9.93. The maximum Gasteiger partial charge on any atom is 0.286 e. The minimum absolute atomic E-state index is 0.0454. The van der Waals surface area contributed by atoms with E-state index < -0.39 is 0 Å². The number of hydrogen-bond acceptors (Lipinski definition) is 4. The summed E-state index contributed by atoms with van der Waals surface area (Å²) in [6.07, 6.45) is 5.72. The average molecular weight is 521 g/mol. The summed E-state index contributed by atoms with van der Waals surface area (Å²) in [6, 6.07) is 25.9. The number of likely N-dealkylation sites (tertiary alicyclic amines) is 1. The number of aryl methyl sites for hydroxylation is 2. The average Bonchev–Trinajstić information content (AvgIpc) is 3.34. The molecular formula is C33H32N2O2S. The number of carbonyl (C=O) groups excluding carboxylic acids is 2. The highest BCUT2D eigenvalue weighted by molar-refractivity contribution is 8.18. The number of allylic oxidation sites excluding steroid dienone is 3. The van der Waals surface area contributed by atoms with E-state index >= 15 is 0 Å². The van der Waals surface area contributed by atoms with Gasteiger partial charge >= 0.3 is 0 Å². The van der Waals surface area contributed by atoms with E-state index in [1.165, 1.54) is 18.2 Å². The monoisotopic (exact) mass is 520 g/mol. The molecule has 0 saturated carbocycles. The Morgan fingerprint density at radius 2 is 1.42 bits per heavy atom. The van der Waals surface area contributed by atoms with Crippen LogP contribution in [0.4, 0.5) is 0 Å². The minimum atomic E-state index is -0.209. The molecule has 1 fully saturated rings. The van der Waals surface area contributed by atoms with Gasteiger partial charge in [-0.1, -0.05) is 90.0 Å². The summed E-state index contributed by atoms with van der Waals surface area (Å²) in [5, 5.41) is 0.791. The molecule has 0 atom stereocenters. The van der Waals surface area contributed by atoms with Gasteiger partial charge in [0.25, 0.3) is 5.91 Å². The van der Waals surface area contributed by atoms with Crippen molar-refractivity contribution in [3.63, 3.8) is 0 Å². The molecule has 4 nitrogen and oxygen atoms in total. The Morgan fingerprint density at radius 3 is 2.05 bits per heavy atom. The third kappa shape index (κ3) is 6.05. The Hall–Kier alpha value is -3.70. The second kappa shape index (κ2) is 11.8. The van der Waals surface area contributed by atoms with Crippen LogP contribution >= 0.6 is 11.8 Å². The van der Waals surface area contributed by atoms with Gasteiger partial charge in [-0.25, -0.2) is 0 Å². The highest BCUT2D eigenvalue weighted by atomic mass is 32.2. The van der Waals surface area contributed by atoms with E-state index in [0.29, 0.717) is 10.5 Å². The zero-order valence-corrected chi connectivity index (χ0v) is 22.8. The smallest absolute Gasteiger partial charge is 0.286 e. The maximum absolute atomic E-state index is 13.4. The lowest BCUT2D eigenvalue weighted by molar-refractivity contribution is -0.113. The highest BCUT2D eigenvalue weighted by Crippen LogP contribution is 2.38. The van der Waals surface area contributed by atoms with E-state index in [9.17, 15) is 9.59 Å². The zero-order valence-electron chi connectivity index (χ0n) is 21.9. The van der Waals surface area contributed by atoms with Crippen molar-refractivity contribution in [1.82, 2.24) is 4.90 Å². The van der Waals surface area contributed by atoms with E-state index in [1.54, 1.807) is 0 Å². The summed E-state index contributed by atoms with van der Waals surface area (Å²) in [7, 11) is 0. The Kier molecular flexibility index (Phi) is 8.04. The summed E-state index contributed by atoms with van der Waals surface area (Å²) < 4.78 is 0. The second-order valence-corrected chi connectivity index (χ2v) is 10.9. The van der Waals surface area contributed by atoms with Gasteiger partial charge in [-0.05, 0) is 67.6 Å². The number of thioether (sulfide) groups is 1. The number of amides is 1. The number of ketones is 1. The first-order valence-corrected chi connectivity index (χ1v) is 14.0. The Labute approximate surface area is 229 Å². The molecule has 0 bridgehead atoms. The van der Waals surface area contributed by atoms with Crippen molar-refractivity contribution in [1.29, 1.82) is 0 Å². The van der Waals surface area contributed by atoms with Crippen molar-refractivity contribution in [2.45, 2.75) is 39.5 Å². The lowest BCUT2D eigenvalue weighted by Gasteiger charge is -2.27. The van der Waals surface area contributed by atoms with Gasteiger partial charge in [-0.2, -0.15) is 4.99 Å². The number of piperidine rings is 1. The van der Waals surface area contributed by atoms with Crippen LogP contribution in [0.2, 0.25) is 0 Å². The largest absolute Gasteiger partial charge is 0.351 e. The van der Waals surface area contributed by atoms with Crippen molar-refractivity contribution < 1.29 is 9.59 Å². The van der Waals surface area contributed by atoms with Crippen LogP contribution in [0.1, 0.15) is 58.3 Å². The fraction of sp³-hybridized carbons (Fsp3) is 0.242. The summed E-state index contributed by atoms with van der Waals surface area (Å²) >= 11 is 1.46. The van der Waals surface area contributed by atoms with Crippen LogP contribution in [0.15, 0.2) is 94.8 Å². The van der Waals surface area contributed by atoms with Crippen molar-refractivity contribution >= 4 is 39.8 Å². The topological polar surface area (TPSA) is 49.7 Å². The molecule has 0 radical (unpaired) electrons. The molecule has 5 rings (SSSR count). The van der Waals surface area contributed by atoms with Gasteiger partial charge in [0, 0.05) is 30.6 Å². The quantitative estimate of drug-likeness (QED) is 0.250. The third-order valence-corrected chi connectivity index (χ3v) is 8.14. The van der Waals surface area contributed by atoms with Gasteiger partial charge in [0.2, 0.25) is 0 Å². The standard InChI is InChI=1S/C33H32N2O2S/c1-23-11-15-26(16-12-23)29(31-32(37)34-33(38-31)35-19-7-4-8-20-35)21-28(25-9-5-3-6-10-25)22-30(36)27-17-13-24(2)14-18-27/h3,5-6,9-18,21H,4,7-8,19-20,22H2,1-2H3. The molecule has 5 heteroatoms. The van der Waals surface area contributed by atoms with Crippen molar-refractivity contribution in [3.8, 4) is 0 Å². The van der Waals surface area contributed by atoms with Crippen LogP contribution in [-0.4, -0.2) is 34.8 Å². The van der Waals surface area contributed by atoms with Gasteiger partial charge in [0.15, 0.2) is 11.0 Å². The molecule has 2 aliphatic rings. The fourth-order valence-electron chi connectivity index (χ4n) is 4.78. The summed E-state index contributed by atoms with van der Waals surface area (Å²) in [5.74, 6) is -0.163. The molecule has 0 N–H and O–H groups in total. The van der Waals surface area contributed by atoms with Gasteiger partial charge in [0.05, 0.1) is 4.91 Å². The molecule has 192 valence electrons. The van der Waals surface area contributed by atoms with Crippen LogP contribution in [0.3, 0.4) is 0 Å². The molecule has 0 spiro atoms. The number of amidine groups is 1. The first-order chi connectivity index (χ1) is 18.5. The molecule has 3 aromatic carbocycles. The van der Waals surface area contributed by atoms with Gasteiger partial charge < -0.3 is 4.90 Å². The molecular weight excluding hydrogens is 488 g/mol. The number of Topliss-reactive ketones (excluding diaryl/α,β-unsaturated/α-hetero) is 1. The fourth-order valence-corrected chi connectivity index (χ4v) is 5.82. The van der Waals surface area contributed by atoms with Crippen LogP contribution in [-0.2, 0) is 4.79 Å². The number of aliphatic imine (C=N–C) groups is 1. The first-order valence-electron chi connectivity index (χ1n) is 13.2. The van der Waals surface area contributed by atoms with Crippen LogP contribution in [0, 0.1) is 13.8 Å².